The molecule has 0 aromatic heterocycles. The van der Waals surface area contributed by atoms with Gasteiger partial charge in [-0.05, 0) is 38.1 Å². The fraction of sp³-hybridized carbons (Fsp3) is 0.429. The lowest BCUT2D eigenvalue weighted by Crippen LogP contribution is -2.43. The molecule has 0 spiro atoms. The first-order valence-corrected chi connectivity index (χ1v) is 9.52. The van der Waals surface area contributed by atoms with Crippen LogP contribution in [0.2, 0.25) is 0 Å². The van der Waals surface area contributed by atoms with Crippen LogP contribution in [-0.2, 0) is 13.2 Å². The second-order valence-corrected chi connectivity index (χ2v) is 7.03. The highest BCUT2D eigenvalue weighted by Gasteiger charge is 2.24. The summed E-state index contributed by atoms with van der Waals surface area (Å²) in [5.41, 5.74) is 1.70. The van der Waals surface area contributed by atoms with Crippen molar-refractivity contribution in [2.45, 2.75) is 32.0 Å². The molecule has 0 aliphatic carbocycles. The van der Waals surface area contributed by atoms with E-state index in [1.54, 1.807) is 13.2 Å². The Hall–Kier alpha value is -2.64. The number of nitrogens with one attached hydrogen (secondary N) is 1. The lowest BCUT2D eigenvalue weighted by atomic mass is 10.0. The summed E-state index contributed by atoms with van der Waals surface area (Å²) in [4.78, 5) is 13.6. The van der Waals surface area contributed by atoms with Crippen LogP contribution in [0.5, 0.6) is 11.5 Å². The summed E-state index contributed by atoms with van der Waals surface area (Å²) < 4.78 is 11.3. The van der Waals surface area contributed by atoms with Crippen molar-refractivity contribution in [3.63, 3.8) is 0 Å². The zero-order valence-electron chi connectivity index (χ0n) is 16.4. The molecule has 1 unspecified atom stereocenters. The van der Waals surface area contributed by atoms with Gasteiger partial charge in [-0.2, -0.15) is 0 Å². The van der Waals surface area contributed by atoms with Gasteiger partial charge in [0.05, 0.1) is 18.1 Å². The molecule has 0 saturated carbocycles. The van der Waals surface area contributed by atoms with Crippen LogP contribution >= 0.6 is 0 Å². The highest BCUT2D eigenvalue weighted by Crippen LogP contribution is 2.36. The number of nitrogens with zero attached hydrogens (tertiary/aromatic N) is 2. The molecule has 2 aromatic carbocycles. The first-order chi connectivity index (χ1) is 13.6. The smallest absolute Gasteiger partial charge is 0.277 e. The van der Waals surface area contributed by atoms with Crippen molar-refractivity contribution in [2.24, 2.45) is 0 Å². The van der Waals surface area contributed by atoms with E-state index in [9.17, 15) is 10.1 Å². The highest BCUT2D eigenvalue weighted by molar-refractivity contribution is 5.54. The number of rotatable bonds is 8. The van der Waals surface area contributed by atoms with Gasteiger partial charge in [0.2, 0.25) is 0 Å². The van der Waals surface area contributed by atoms with Crippen molar-refractivity contribution in [3.8, 4) is 11.5 Å². The Morgan fingerprint density at radius 2 is 2.04 bits per heavy atom. The third-order valence-electron chi connectivity index (χ3n) is 5.11. The van der Waals surface area contributed by atoms with Crippen molar-refractivity contribution in [3.05, 3.63) is 63.7 Å². The quantitative estimate of drug-likeness (QED) is 0.555. The molecule has 1 saturated heterocycles. The lowest BCUT2D eigenvalue weighted by Gasteiger charge is -2.32. The predicted molar refractivity (Wildman–Crippen MR) is 108 cm³/mol. The van der Waals surface area contributed by atoms with Gasteiger partial charge in [-0.1, -0.05) is 30.3 Å². The number of benzene rings is 2. The van der Waals surface area contributed by atoms with Gasteiger partial charge in [-0.15, -0.1) is 0 Å². The van der Waals surface area contributed by atoms with E-state index in [0.717, 1.165) is 31.5 Å². The van der Waals surface area contributed by atoms with Crippen molar-refractivity contribution >= 4 is 5.69 Å². The lowest BCUT2D eigenvalue weighted by molar-refractivity contribution is -0.385. The molecule has 3 rings (SSSR count). The molecule has 1 aliphatic heterocycles. The number of nitro groups is 1. The summed E-state index contributed by atoms with van der Waals surface area (Å²) in [5, 5.41) is 15.0. The van der Waals surface area contributed by atoms with Crippen molar-refractivity contribution in [1.82, 2.24) is 10.2 Å². The Morgan fingerprint density at radius 3 is 2.71 bits per heavy atom. The van der Waals surface area contributed by atoms with E-state index in [4.69, 9.17) is 9.47 Å². The number of likely N-dealkylation sites (tertiary alicyclic amines) is 1. The van der Waals surface area contributed by atoms with E-state index < -0.39 is 0 Å². The molecule has 7 heteroatoms. The number of piperidine rings is 1. The van der Waals surface area contributed by atoms with Gasteiger partial charge in [0.25, 0.3) is 5.69 Å². The molecule has 0 amide bonds. The van der Waals surface area contributed by atoms with E-state index in [0.29, 0.717) is 36.3 Å². The molecule has 1 atom stereocenters. The maximum atomic E-state index is 11.7. The van der Waals surface area contributed by atoms with E-state index in [-0.39, 0.29) is 10.6 Å². The summed E-state index contributed by atoms with van der Waals surface area (Å²) in [7, 11) is 3.51. The maximum absolute atomic E-state index is 11.7. The van der Waals surface area contributed by atoms with Gasteiger partial charge < -0.3 is 14.8 Å². The van der Waals surface area contributed by atoms with Gasteiger partial charge in [-0.3, -0.25) is 15.0 Å². The molecular formula is C21H27N3O4. The molecule has 1 fully saturated rings. The monoisotopic (exact) mass is 385 g/mol. The van der Waals surface area contributed by atoms with E-state index in [1.165, 1.54) is 6.07 Å². The Balaban J connectivity index is 1.81. The molecule has 1 aliphatic rings. The Kier molecular flexibility index (Phi) is 6.84. The Morgan fingerprint density at radius 1 is 1.25 bits per heavy atom. The predicted octanol–water partition coefficient (Wildman–Crippen LogP) is 3.37. The second-order valence-electron chi connectivity index (χ2n) is 7.03. The minimum absolute atomic E-state index is 0.0652. The fourth-order valence-electron chi connectivity index (χ4n) is 3.57. The van der Waals surface area contributed by atoms with Gasteiger partial charge in [-0.25, -0.2) is 0 Å². The van der Waals surface area contributed by atoms with Crippen LogP contribution in [-0.4, -0.2) is 43.1 Å². The first-order valence-electron chi connectivity index (χ1n) is 9.52. The van der Waals surface area contributed by atoms with Crippen molar-refractivity contribution in [1.29, 1.82) is 0 Å². The molecule has 28 heavy (non-hydrogen) atoms. The molecule has 1 heterocycles. The van der Waals surface area contributed by atoms with E-state index in [1.807, 2.05) is 37.4 Å². The van der Waals surface area contributed by atoms with Gasteiger partial charge in [0, 0.05) is 24.7 Å². The van der Waals surface area contributed by atoms with Crippen molar-refractivity contribution in [2.75, 3.05) is 27.2 Å². The summed E-state index contributed by atoms with van der Waals surface area (Å²) in [6.07, 6.45) is 2.21. The van der Waals surface area contributed by atoms with E-state index >= 15 is 0 Å². The topological polar surface area (TPSA) is 76.9 Å². The van der Waals surface area contributed by atoms with Crippen LogP contribution in [0.4, 0.5) is 5.69 Å². The second kappa shape index (κ2) is 9.52. The average Bonchev–Trinajstić information content (AvgIpc) is 2.73. The molecule has 1 N–H and O–H groups in total. The Bertz CT molecular complexity index is 798. The third-order valence-corrected chi connectivity index (χ3v) is 5.11. The van der Waals surface area contributed by atoms with Gasteiger partial charge >= 0.3 is 0 Å². The standard InChI is InChI=1S/C21H27N3O4/c1-22-18-9-6-10-23(14-18)13-17-11-20(27-2)21(12-19(17)24(25)26)28-15-16-7-4-3-5-8-16/h3-5,7-8,11-12,18,22H,6,9-10,13-15H2,1-2H3. The number of ether oxygens (including phenoxy) is 2. The van der Waals surface area contributed by atoms with Crippen LogP contribution in [0.15, 0.2) is 42.5 Å². The van der Waals surface area contributed by atoms with Crippen LogP contribution in [0, 0.1) is 10.1 Å². The van der Waals surface area contributed by atoms with Gasteiger partial charge in [0.15, 0.2) is 11.5 Å². The molecular weight excluding hydrogens is 358 g/mol. The zero-order chi connectivity index (χ0) is 19.9. The highest BCUT2D eigenvalue weighted by atomic mass is 16.6. The summed E-state index contributed by atoms with van der Waals surface area (Å²) >= 11 is 0. The molecule has 150 valence electrons. The average molecular weight is 385 g/mol. The molecule has 0 radical (unpaired) electrons. The first kappa shape index (κ1) is 20.1. The summed E-state index contributed by atoms with van der Waals surface area (Å²) in [6, 6.07) is 13.3. The maximum Gasteiger partial charge on any atom is 0.277 e. The minimum Gasteiger partial charge on any atom is -0.493 e. The summed E-state index contributed by atoms with van der Waals surface area (Å²) in [6.45, 7) is 2.65. The number of hydrogen-bond donors (Lipinski definition) is 1. The number of likely N-dealkylation sites (N-methyl/N-ethyl adjacent to an activating group) is 1. The third kappa shape index (κ3) is 4.99. The molecule has 2 aromatic rings. The minimum atomic E-state index is -0.344. The van der Waals surface area contributed by atoms with Crippen molar-refractivity contribution < 1.29 is 14.4 Å². The number of methoxy groups -OCH3 is 1. The zero-order valence-corrected chi connectivity index (χ0v) is 16.4. The van der Waals surface area contributed by atoms with Crippen LogP contribution in [0.3, 0.4) is 0 Å². The molecule has 7 nitrogen and oxygen atoms in total. The largest absolute Gasteiger partial charge is 0.493 e. The number of hydrogen-bond acceptors (Lipinski definition) is 6. The fourth-order valence-corrected chi connectivity index (χ4v) is 3.57. The SMILES string of the molecule is CNC1CCCN(Cc2cc(OC)c(OCc3ccccc3)cc2[N+](=O)[O-])C1. The normalized spacial score (nSPS) is 17.3. The Labute approximate surface area is 165 Å². The number of nitro benzene ring substituents is 1. The summed E-state index contributed by atoms with van der Waals surface area (Å²) in [5.74, 6) is 0.896. The van der Waals surface area contributed by atoms with Crippen LogP contribution < -0.4 is 14.8 Å². The molecule has 0 bridgehead atoms. The van der Waals surface area contributed by atoms with Crippen LogP contribution in [0.1, 0.15) is 24.0 Å². The van der Waals surface area contributed by atoms with Gasteiger partial charge in [0.1, 0.15) is 6.61 Å². The van der Waals surface area contributed by atoms with Crippen LogP contribution in [0.25, 0.3) is 0 Å². The van der Waals surface area contributed by atoms with E-state index in [2.05, 4.69) is 10.2 Å².